The molecule has 0 saturated heterocycles. The van der Waals surface area contributed by atoms with Crippen molar-refractivity contribution in [1.29, 1.82) is 0 Å². The van der Waals surface area contributed by atoms with Crippen molar-refractivity contribution in [2.24, 2.45) is 5.73 Å². The van der Waals surface area contributed by atoms with Crippen LogP contribution in [0.25, 0.3) is 0 Å². The third-order valence-electron chi connectivity index (χ3n) is 2.92. The van der Waals surface area contributed by atoms with Crippen molar-refractivity contribution in [3.8, 4) is 5.75 Å². The molecule has 0 unspecified atom stereocenters. The molecule has 1 heterocycles. The number of hydrogen-bond acceptors (Lipinski definition) is 3. The van der Waals surface area contributed by atoms with Crippen molar-refractivity contribution >= 4 is 40.4 Å². The highest BCUT2D eigenvalue weighted by Gasteiger charge is 2.25. The normalized spacial score (nSPS) is 13.9. The average molecular weight is 299 g/mol. The number of unbranched alkanes of at least 4 members (excludes halogenated alkanes) is 1. The van der Waals surface area contributed by atoms with Gasteiger partial charge in [-0.25, -0.2) is 0 Å². The van der Waals surface area contributed by atoms with Gasteiger partial charge < -0.3 is 15.4 Å². The van der Waals surface area contributed by atoms with Gasteiger partial charge in [-0.1, -0.05) is 23.8 Å². The zero-order valence-electron chi connectivity index (χ0n) is 10.4. The van der Waals surface area contributed by atoms with Crippen LogP contribution in [0.2, 0.25) is 5.02 Å². The number of ether oxygens (including phenoxy) is 1. The van der Waals surface area contributed by atoms with Gasteiger partial charge >= 0.3 is 0 Å². The first kappa shape index (κ1) is 14.1. The molecule has 2 rings (SSSR count). The van der Waals surface area contributed by atoms with E-state index in [1.54, 1.807) is 23.1 Å². The summed E-state index contributed by atoms with van der Waals surface area (Å²) in [5.41, 5.74) is 6.18. The Morgan fingerprint density at radius 2 is 2.26 bits per heavy atom. The number of carbonyl (C=O) groups excluding carboxylic acids is 1. The summed E-state index contributed by atoms with van der Waals surface area (Å²) in [7, 11) is 0. The second-order valence-corrected chi connectivity index (χ2v) is 5.33. The summed E-state index contributed by atoms with van der Waals surface area (Å²) < 4.78 is 5.37. The van der Waals surface area contributed by atoms with Gasteiger partial charge in [0, 0.05) is 11.6 Å². The maximum atomic E-state index is 11.9. The lowest BCUT2D eigenvalue weighted by atomic mass is 10.2. The van der Waals surface area contributed by atoms with Crippen LogP contribution in [0.5, 0.6) is 5.75 Å². The smallest absolute Gasteiger partial charge is 0.265 e. The number of anilines is 1. The molecule has 0 saturated carbocycles. The lowest BCUT2D eigenvalue weighted by molar-refractivity contribution is -0.121. The van der Waals surface area contributed by atoms with E-state index in [1.807, 2.05) is 0 Å². The molecule has 6 heteroatoms. The molecule has 19 heavy (non-hydrogen) atoms. The number of nitrogens with two attached hydrogens (primary N) is 1. The van der Waals surface area contributed by atoms with Crippen LogP contribution < -0.4 is 15.4 Å². The number of rotatable bonds is 5. The summed E-state index contributed by atoms with van der Waals surface area (Å²) in [6.45, 7) is 0.697. The van der Waals surface area contributed by atoms with Crippen LogP contribution >= 0.6 is 23.8 Å². The molecule has 0 bridgehead atoms. The lowest BCUT2D eigenvalue weighted by Gasteiger charge is -2.29. The maximum Gasteiger partial charge on any atom is 0.265 e. The van der Waals surface area contributed by atoms with Gasteiger partial charge in [-0.3, -0.25) is 4.79 Å². The molecule has 2 N–H and O–H groups in total. The largest absolute Gasteiger partial charge is 0.482 e. The van der Waals surface area contributed by atoms with Gasteiger partial charge in [0.15, 0.2) is 6.61 Å². The minimum absolute atomic E-state index is 0.0508. The molecule has 0 spiro atoms. The molecule has 0 fully saturated rings. The van der Waals surface area contributed by atoms with Crippen molar-refractivity contribution in [3.05, 3.63) is 23.2 Å². The average Bonchev–Trinajstić information content (AvgIpc) is 2.36. The van der Waals surface area contributed by atoms with E-state index in [0.29, 0.717) is 28.7 Å². The van der Waals surface area contributed by atoms with Crippen LogP contribution in [0.1, 0.15) is 19.3 Å². The molecule has 1 aromatic carbocycles. The molecular formula is C13H15ClN2O2S. The summed E-state index contributed by atoms with van der Waals surface area (Å²) >= 11 is 10.8. The third-order valence-corrected chi connectivity index (χ3v) is 3.36. The monoisotopic (exact) mass is 298 g/mol. The van der Waals surface area contributed by atoms with Gasteiger partial charge in [-0.05, 0) is 37.5 Å². The molecule has 102 valence electrons. The standard InChI is InChI=1S/C13H15ClN2O2S/c14-9-4-5-11-10(7-9)16(13(17)8-18-11)6-2-1-3-12(15)19/h4-5,7H,1-3,6,8H2,(H2,15,19). The first-order chi connectivity index (χ1) is 9.08. The van der Waals surface area contributed by atoms with Gasteiger partial charge in [0.05, 0.1) is 10.7 Å². The minimum Gasteiger partial charge on any atom is -0.482 e. The number of fused-ring (bicyclic) bond motifs is 1. The Bertz CT molecular complexity index is 507. The van der Waals surface area contributed by atoms with Crippen LogP contribution in [-0.2, 0) is 4.79 Å². The van der Waals surface area contributed by atoms with Gasteiger partial charge in [-0.2, -0.15) is 0 Å². The number of thiocarbonyl (C=S) groups is 1. The Hall–Kier alpha value is -1.33. The first-order valence-electron chi connectivity index (χ1n) is 6.09. The van der Waals surface area contributed by atoms with E-state index < -0.39 is 0 Å². The van der Waals surface area contributed by atoms with Gasteiger partial charge in [0.1, 0.15) is 5.75 Å². The molecule has 1 aromatic rings. The number of hydrogen-bond donors (Lipinski definition) is 1. The maximum absolute atomic E-state index is 11.9. The predicted octanol–water partition coefficient (Wildman–Crippen LogP) is 2.52. The third kappa shape index (κ3) is 3.58. The quantitative estimate of drug-likeness (QED) is 0.670. The molecule has 1 aliphatic rings. The molecule has 4 nitrogen and oxygen atoms in total. The Balaban J connectivity index is 2.05. The second kappa shape index (κ2) is 6.21. The summed E-state index contributed by atoms with van der Waals surface area (Å²) in [6.07, 6.45) is 2.42. The van der Waals surface area contributed by atoms with Crippen molar-refractivity contribution in [1.82, 2.24) is 0 Å². The van der Waals surface area contributed by atoms with E-state index in [-0.39, 0.29) is 12.5 Å². The van der Waals surface area contributed by atoms with E-state index in [0.717, 1.165) is 18.5 Å². The summed E-state index contributed by atoms with van der Waals surface area (Å²) in [6, 6.07) is 5.29. The number of benzene rings is 1. The van der Waals surface area contributed by atoms with E-state index in [2.05, 4.69) is 0 Å². The van der Waals surface area contributed by atoms with Gasteiger partial charge in [-0.15, -0.1) is 0 Å². The Kier molecular flexibility index (Phi) is 4.61. The molecule has 0 aromatic heterocycles. The minimum atomic E-state index is -0.0508. The summed E-state index contributed by atoms with van der Waals surface area (Å²) in [5, 5.41) is 0.588. The van der Waals surface area contributed by atoms with Crippen molar-refractivity contribution in [2.75, 3.05) is 18.1 Å². The van der Waals surface area contributed by atoms with Crippen molar-refractivity contribution in [2.45, 2.75) is 19.3 Å². The zero-order valence-corrected chi connectivity index (χ0v) is 12.0. The highest BCUT2D eigenvalue weighted by atomic mass is 35.5. The van der Waals surface area contributed by atoms with Crippen molar-refractivity contribution < 1.29 is 9.53 Å². The highest BCUT2D eigenvalue weighted by molar-refractivity contribution is 7.80. The fraction of sp³-hybridized carbons (Fsp3) is 0.385. The van der Waals surface area contributed by atoms with Crippen LogP contribution in [0.15, 0.2) is 18.2 Å². The fourth-order valence-corrected chi connectivity index (χ4v) is 2.30. The molecule has 1 amide bonds. The Labute approximate surface area is 122 Å². The van der Waals surface area contributed by atoms with E-state index >= 15 is 0 Å². The van der Waals surface area contributed by atoms with Crippen LogP contribution in [0, 0.1) is 0 Å². The van der Waals surface area contributed by atoms with Crippen LogP contribution in [-0.4, -0.2) is 24.0 Å². The second-order valence-electron chi connectivity index (χ2n) is 4.37. The SMILES string of the molecule is NC(=S)CCCCN1C(=O)COc2ccc(Cl)cc21. The molecule has 0 radical (unpaired) electrons. The summed E-state index contributed by atoms with van der Waals surface area (Å²) in [4.78, 5) is 14.1. The van der Waals surface area contributed by atoms with Gasteiger partial charge in [0.25, 0.3) is 5.91 Å². The van der Waals surface area contributed by atoms with E-state index in [9.17, 15) is 4.79 Å². The number of halogens is 1. The zero-order chi connectivity index (χ0) is 13.8. The highest BCUT2D eigenvalue weighted by Crippen LogP contribution is 2.34. The predicted molar refractivity (Wildman–Crippen MR) is 79.9 cm³/mol. The fourth-order valence-electron chi connectivity index (χ4n) is 1.99. The molecule has 0 atom stereocenters. The number of carbonyl (C=O) groups is 1. The Morgan fingerprint density at radius 1 is 1.47 bits per heavy atom. The molecule has 1 aliphatic heterocycles. The molecule has 0 aliphatic carbocycles. The topological polar surface area (TPSA) is 55.6 Å². The number of nitrogens with zero attached hydrogens (tertiary/aromatic N) is 1. The van der Waals surface area contributed by atoms with Crippen LogP contribution in [0.4, 0.5) is 5.69 Å². The van der Waals surface area contributed by atoms with E-state index in [1.165, 1.54) is 0 Å². The lowest BCUT2D eigenvalue weighted by Crippen LogP contribution is -2.39. The van der Waals surface area contributed by atoms with Crippen LogP contribution in [0.3, 0.4) is 0 Å². The summed E-state index contributed by atoms with van der Waals surface area (Å²) in [5.74, 6) is 0.642. The Morgan fingerprint density at radius 3 is 3.00 bits per heavy atom. The van der Waals surface area contributed by atoms with Crippen molar-refractivity contribution in [3.63, 3.8) is 0 Å². The first-order valence-corrected chi connectivity index (χ1v) is 6.87. The molecular weight excluding hydrogens is 284 g/mol. The number of amides is 1. The van der Waals surface area contributed by atoms with E-state index in [4.69, 9.17) is 34.3 Å². The van der Waals surface area contributed by atoms with Gasteiger partial charge in [0.2, 0.25) is 0 Å².